The third-order valence-corrected chi connectivity index (χ3v) is 12.1. The highest BCUT2D eigenvalue weighted by atomic mass is 35.5. The zero-order valence-corrected chi connectivity index (χ0v) is 32.3. The molecule has 7 rings (SSSR count). The van der Waals surface area contributed by atoms with Crippen molar-refractivity contribution in [2.75, 3.05) is 42.1 Å². The molecule has 4 aromatic carbocycles. The quantitative estimate of drug-likeness (QED) is 0.0559. The van der Waals surface area contributed by atoms with Gasteiger partial charge in [-0.05, 0) is 95.8 Å². The zero-order chi connectivity index (χ0) is 37.0. The number of sulfonamides is 1. The molecule has 3 heterocycles. The summed E-state index contributed by atoms with van der Waals surface area (Å²) >= 11 is 7.72. The van der Waals surface area contributed by atoms with Crippen LogP contribution in [0, 0.1) is 10.1 Å². The number of halogens is 2. The van der Waals surface area contributed by atoms with Crippen molar-refractivity contribution in [1.29, 1.82) is 0 Å². The largest absolute Gasteiger partial charge is 0.379 e. The van der Waals surface area contributed by atoms with Crippen LogP contribution in [-0.4, -0.2) is 67.1 Å². The van der Waals surface area contributed by atoms with Crippen molar-refractivity contribution in [2.45, 2.75) is 35.2 Å². The molecule has 0 saturated carbocycles. The molecule has 54 heavy (non-hydrogen) atoms. The van der Waals surface area contributed by atoms with Crippen LogP contribution in [0.15, 0.2) is 119 Å². The standard InChI is InChI=1S/C39H37ClN6O5S2.ClH/c40-31-10-6-27(7-11-31)35-16-17-41-24-30(35)25-44-19-20-45-32(26-44)12-8-28-22-29(9-15-37(28)45)39(47)43-53(50,51)34-13-14-36(38(23-34)46(48)49)42-18-21-52-33-4-2-1-3-5-33;/h1-7,9-11,13-17,22-24,32,42H,8,12,18-21,25-26H2,(H,43,47);1H/t32-;/m0./s1. The van der Waals surface area contributed by atoms with Crippen molar-refractivity contribution in [3.63, 3.8) is 0 Å². The molecule has 1 aromatic heterocycles. The number of piperazine rings is 1. The number of aromatic nitrogens is 1. The van der Waals surface area contributed by atoms with E-state index in [4.69, 9.17) is 11.6 Å². The second kappa shape index (κ2) is 17.2. The van der Waals surface area contributed by atoms with Crippen molar-refractivity contribution in [1.82, 2.24) is 14.6 Å². The van der Waals surface area contributed by atoms with Gasteiger partial charge in [0.05, 0.1) is 9.82 Å². The van der Waals surface area contributed by atoms with Gasteiger partial charge in [-0.3, -0.25) is 24.8 Å². The molecular weight excluding hydrogens is 768 g/mol. The van der Waals surface area contributed by atoms with Crippen molar-refractivity contribution < 1.29 is 18.1 Å². The van der Waals surface area contributed by atoms with E-state index in [1.807, 2.05) is 79.1 Å². The molecule has 0 spiro atoms. The Morgan fingerprint density at radius 1 is 1.00 bits per heavy atom. The van der Waals surface area contributed by atoms with Crippen molar-refractivity contribution in [3.8, 4) is 11.1 Å². The second-order valence-electron chi connectivity index (χ2n) is 13.0. The summed E-state index contributed by atoms with van der Waals surface area (Å²) in [4.78, 5) is 34.4. The number of fused-ring (bicyclic) bond motifs is 3. The molecule has 1 fully saturated rings. The number of hydrogen-bond donors (Lipinski definition) is 2. The lowest BCUT2D eigenvalue weighted by atomic mass is 9.92. The Morgan fingerprint density at radius 3 is 2.57 bits per heavy atom. The smallest absolute Gasteiger partial charge is 0.293 e. The number of rotatable bonds is 12. The summed E-state index contributed by atoms with van der Waals surface area (Å²) < 4.78 is 28.7. The summed E-state index contributed by atoms with van der Waals surface area (Å²) in [6.07, 6.45) is 5.37. The van der Waals surface area contributed by atoms with Crippen molar-refractivity contribution >= 4 is 68.8 Å². The number of benzene rings is 4. The van der Waals surface area contributed by atoms with Gasteiger partial charge in [0, 0.05) is 84.1 Å². The number of nitrogens with one attached hydrogen (secondary N) is 2. The van der Waals surface area contributed by atoms with E-state index >= 15 is 0 Å². The molecule has 0 aliphatic carbocycles. The average Bonchev–Trinajstić information content (AvgIpc) is 3.17. The predicted molar refractivity (Wildman–Crippen MR) is 217 cm³/mol. The summed E-state index contributed by atoms with van der Waals surface area (Å²) in [7, 11) is -4.40. The van der Waals surface area contributed by atoms with Gasteiger partial charge in [0.2, 0.25) is 0 Å². The molecule has 1 amide bonds. The van der Waals surface area contributed by atoms with E-state index in [1.54, 1.807) is 23.9 Å². The fourth-order valence-corrected chi connectivity index (χ4v) is 8.86. The van der Waals surface area contributed by atoms with E-state index in [-0.39, 0.29) is 28.6 Å². The summed E-state index contributed by atoms with van der Waals surface area (Å²) in [5, 5.41) is 15.6. The number of anilines is 2. The third kappa shape index (κ3) is 8.99. The molecule has 0 unspecified atom stereocenters. The number of nitro benzene ring substituents is 1. The fraction of sp³-hybridized carbons (Fsp3) is 0.231. The number of aryl methyl sites for hydroxylation is 1. The summed E-state index contributed by atoms with van der Waals surface area (Å²) in [6.45, 7) is 3.73. The Hall–Kier alpha value is -4.66. The predicted octanol–water partition coefficient (Wildman–Crippen LogP) is 7.69. The zero-order valence-electron chi connectivity index (χ0n) is 29.1. The maximum Gasteiger partial charge on any atom is 0.293 e. The molecule has 2 N–H and O–H groups in total. The van der Waals surface area contributed by atoms with E-state index in [9.17, 15) is 23.3 Å². The summed E-state index contributed by atoms with van der Waals surface area (Å²) in [5.74, 6) is -0.149. The first-order valence-electron chi connectivity index (χ1n) is 17.2. The highest BCUT2D eigenvalue weighted by Gasteiger charge is 2.33. The van der Waals surface area contributed by atoms with Crippen molar-refractivity contribution in [2.24, 2.45) is 0 Å². The fourth-order valence-electron chi connectivity index (χ4n) is 6.95. The van der Waals surface area contributed by atoms with Crippen LogP contribution in [0.3, 0.4) is 0 Å². The molecule has 15 heteroatoms. The van der Waals surface area contributed by atoms with E-state index < -0.39 is 26.5 Å². The van der Waals surface area contributed by atoms with E-state index in [1.165, 1.54) is 12.1 Å². The molecular formula is C39H38Cl2N6O5S2. The number of thioether (sulfide) groups is 1. The first-order valence-corrected chi connectivity index (χ1v) is 20.1. The van der Waals surface area contributed by atoms with Crippen LogP contribution < -0.4 is 14.9 Å². The van der Waals surface area contributed by atoms with Crippen LogP contribution in [0.5, 0.6) is 0 Å². The minimum atomic E-state index is -4.40. The second-order valence-corrected chi connectivity index (χ2v) is 16.3. The topological polar surface area (TPSA) is 138 Å². The lowest BCUT2D eigenvalue weighted by molar-refractivity contribution is -0.384. The third-order valence-electron chi connectivity index (χ3n) is 9.55. The van der Waals surface area contributed by atoms with Gasteiger partial charge in [-0.25, -0.2) is 13.1 Å². The number of nitrogens with zero attached hydrogens (tertiary/aromatic N) is 4. The van der Waals surface area contributed by atoms with Crippen LogP contribution in [0.1, 0.15) is 27.9 Å². The van der Waals surface area contributed by atoms with Gasteiger partial charge in [-0.2, -0.15) is 0 Å². The van der Waals surface area contributed by atoms with Crippen molar-refractivity contribution in [3.05, 3.63) is 141 Å². The van der Waals surface area contributed by atoms with E-state index in [2.05, 4.69) is 24.8 Å². The highest BCUT2D eigenvalue weighted by Crippen LogP contribution is 2.35. The van der Waals surface area contributed by atoms with E-state index in [0.29, 0.717) is 23.4 Å². The highest BCUT2D eigenvalue weighted by molar-refractivity contribution is 7.99. The summed E-state index contributed by atoms with van der Waals surface area (Å²) in [6, 6.07) is 28.8. The number of nitro groups is 1. The first-order chi connectivity index (χ1) is 25.6. The SMILES string of the molecule is Cl.O=C(NS(=O)(=O)c1ccc(NCCSc2ccccc2)c([N+](=O)[O-])c1)c1ccc2c(c1)CC[C@H]1CN(Cc3cnccc3-c3ccc(Cl)cc3)CCN21. The van der Waals surface area contributed by atoms with Gasteiger partial charge >= 0.3 is 0 Å². The Balaban J connectivity index is 0.00000497. The maximum atomic E-state index is 13.3. The molecule has 11 nitrogen and oxygen atoms in total. The molecule has 2 aliphatic rings. The lowest BCUT2D eigenvalue weighted by Gasteiger charge is -2.46. The Kier molecular flexibility index (Phi) is 12.4. The summed E-state index contributed by atoms with van der Waals surface area (Å²) in [5.41, 5.74) is 5.43. The molecule has 280 valence electrons. The lowest BCUT2D eigenvalue weighted by Crippen LogP contribution is -2.54. The molecule has 1 saturated heterocycles. The van der Waals surface area contributed by atoms with Crippen LogP contribution in [-0.2, 0) is 23.0 Å². The maximum absolute atomic E-state index is 13.3. The minimum Gasteiger partial charge on any atom is -0.379 e. The Morgan fingerprint density at radius 2 is 1.80 bits per heavy atom. The Bertz CT molecular complexity index is 2250. The van der Waals surface area contributed by atoms with Gasteiger partial charge in [0.15, 0.2) is 0 Å². The molecule has 2 aliphatic heterocycles. The van der Waals surface area contributed by atoms with Gasteiger partial charge < -0.3 is 10.2 Å². The van der Waals surface area contributed by atoms with Gasteiger partial charge in [-0.15, -0.1) is 24.2 Å². The number of hydrogen-bond acceptors (Lipinski definition) is 10. The normalized spacial score (nSPS) is 15.4. The molecule has 0 bridgehead atoms. The van der Waals surface area contributed by atoms with Crippen LogP contribution in [0.4, 0.5) is 17.1 Å². The van der Waals surface area contributed by atoms with Crippen LogP contribution in [0.2, 0.25) is 5.02 Å². The number of pyridine rings is 1. The molecule has 1 atom stereocenters. The van der Waals surface area contributed by atoms with Gasteiger partial charge in [0.25, 0.3) is 21.6 Å². The average molecular weight is 806 g/mol. The molecule has 5 aromatic rings. The Labute approximate surface area is 329 Å². The first kappa shape index (κ1) is 39.0. The van der Waals surface area contributed by atoms with Gasteiger partial charge in [-0.1, -0.05) is 41.9 Å². The van der Waals surface area contributed by atoms with E-state index in [0.717, 1.165) is 77.9 Å². The molecule has 0 radical (unpaired) electrons. The van der Waals surface area contributed by atoms with Crippen LogP contribution in [0.25, 0.3) is 11.1 Å². The van der Waals surface area contributed by atoms with Crippen LogP contribution >= 0.6 is 35.8 Å². The number of carbonyl (C=O) groups excluding carboxylic acids is 1. The monoisotopic (exact) mass is 804 g/mol. The number of carbonyl (C=O) groups is 1. The van der Waals surface area contributed by atoms with Gasteiger partial charge in [0.1, 0.15) is 5.69 Å². The number of amides is 1. The minimum absolute atomic E-state index is 0.